The lowest BCUT2D eigenvalue weighted by Gasteiger charge is -2.18. The Hall–Kier alpha value is -3.58. The highest BCUT2D eigenvalue weighted by Crippen LogP contribution is 2.37. The lowest BCUT2D eigenvalue weighted by molar-refractivity contribution is 0.0256. The van der Waals surface area contributed by atoms with Crippen LogP contribution in [0.2, 0.25) is 0 Å². The van der Waals surface area contributed by atoms with E-state index in [0.29, 0.717) is 16.7 Å². The summed E-state index contributed by atoms with van der Waals surface area (Å²) in [4.78, 5) is 37.9. The van der Waals surface area contributed by atoms with Crippen molar-refractivity contribution in [3.05, 3.63) is 113 Å². The molecule has 0 amide bonds. The van der Waals surface area contributed by atoms with Crippen LogP contribution in [-0.4, -0.2) is 41.3 Å². The van der Waals surface area contributed by atoms with Crippen LogP contribution in [-0.2, 0) is 14.2 Å². The minimum Gasteiger partial charge on any atom is -0.461 e. The first-order chi connectivity index (χ1) is 17.3. The average Bonchev–Trinajstić information content (AvgIpc) is 3.24. The zero-order chi connectivity index (χ0) is 25.7. The van der Waals surface area contributed by atoms with Crippen molar-refractivity contribution in [3.63, 3.8) is 0 Å². The molecule has 3 atom stereocenters. The Bertz CT molecular complexity index is 1220. The summed E-state index contributed by atoms with van der Waals surface area (Å²) in [6, 6.07) is 21.2. The molecule has 0 bridgehead atoms. The quantitative estimate of drug-likeness (QED) is 0.311. The third kappa shape index (κ3) is 6.55. The summed E-state index contributed by atoms with van der Waals surface area (Å²) in [7, 11) is 0. The molecule has 1 radical (unpaired) electrons. The third-order valence-corrected chi connectivity index (χ3v) is 7.00. The minimum absolute atomic E-state index is 0.0156. The smallest absolute Gasteiger partial charge is 0.339 e. The second-order valence-electron chi connectivity index (χ2n) is 8.71. The van der Waals surface area contributed by atoms with Crippen molar-refractivity contribution in [1.29, 1.82) is 0 Å². The van der Waals surface area contributed by atoms with Crippen LogP contribution in [0.3, 0.4) is 0 Å². The monoisotopic (exact) mass is 503 g/mol. The molecular formula is C29H27O6S. The summed E-state index contributed by atoms with van der Waals surface area (Å²) >= 11 is 1.27. The van der Waals surface area contributed by atoms with Crippen LogP contribution < -0.4 is 0 Å². The maximum absolute atomic E-state index is 12.8. The van der Waals surface area contributed by atoms with Gasteiger partial charge in [0, 0.05) is 0 Å². The van der Waals surface area contributed by atoms with Crippen LogP contribution in [0.15, 0.2) is 72.8 Å². The highest BCUT2D eigenvalue weighted by Gasteiger charge is 2.41. The number of hydrogen-bond acceptors (Lipinski definition) is 7. The molecule has 6 nitrogen and oxygen atoms in total. The molecule has 4 rings (SSSR count). The van der Waals surface area contributed by atoms with Crippen molar-refractivity contribution in [2.45, 2.75) is 37.6 Å². The molecule has 7 heteroatoms. The fourth-order valence-corrected chi connectivity index (χ4v) is 4.75. The Morgan fingerprint density at radius 2 is 1.06 bits per heavy atom. The number of aryl methyl sites for hydroxylation is 3. The standard InChI is InChI=1S/C29H27O6S/c1-18-4-10-21(11-5-18)27(30)33-17-25-24(34-28(31)22-12-6-19(2)7-13-22)16-26(36-25)35-29(32)23-14-8-20(3)9-15-23/h4-16,24-26H,17H2,1-3H3/t24-,25-,26?/m1/s1. The van der Waals surface area contributed by atoms with Crippen molar-refractivity contribution < 1.29 is 28.6 Å². The van der Waals surface area contributed by atoms with Gasteiger partial charge in [-0.15, -0.1) is 11.8 Å². The van der Waals surface area contributed by atoms with Gasteiger partial charge in [0.2, 0.25) is 0 Å². The van der Waals surface area contributed by atoms with E-state index in [1.165, 1.54) is 11.8 Å². The Morgan fingerprint density at radius 1 is 0.639 bits per heavy atom. The molecule has 3 aromatic rings. The number of ether oxygens (including phenoxy) is 3. The Labute approximate surface area is 215 Å². The van der Waals surface area contributed by atoms with Crippen LogP contribution in [0.25, 0.3) is 0 Å². The van der Waals surface area contributed by atoms with Crippen LogP contribution in [0, 0.1) is 27.2 Å². The first-order valence-electron chi connectivity index (χ1n) is 11.6. The third-order valence-electron chi connectivity index (χ3n) is 5.73. The fraction of sp³-hybridized carbons (Fsp3) is 0.241. The van der Waals surface area contributed by atoms with Gasteiger partial charge in [0.05, 0.1) is 28.4 Å². The first kappa shape index (κ1) is 25.5. The van der Waals surface area contributed by atoms with Crippen LogP contribution in [0.5, 0.6) is 0 Å². The Kier molecular flexibility index (Phi) is 8.10. The summed E-state index contributed by atoms with van der Waals surface area (Å²) in [5, 5.41) is -0.440. The maximum atomic E-state index is 12.8. The van der Waals surface area contributed by atoms with E-state index in [2.05, 4.69) is 0 Å². The van der Waals surface area contributed by atoms with Gasteiger partial charge in [-0.2, -0.15) is 0 Å². The summed E-state index contributed by atoms with van der Waals surface area (Å²) in [6.07, 6.45) is 0.943. The number of esters is 3. The van der Waals surface area contributed by atoms with E-state index >= 15 is 0 Å². The molecule has 1 aliphatic rings. The summed E-state index contributed by atoms with van der Waals surface area (Å²) in [5.41, 5.74) is 3.70. The van der Waals surface area contributed by atoms with Gasteiger partial charge in [0.15, 0.2) is 5.44 Å². The lowest BCUT2D eigenvalue weighted by atomic mass is 10.1. The van der Waals surface area contributed by atoms with Crippen molar-refractivity contribution in [1.82, 2.24) is 0 Å². The molecule has 1 saturated heterocycles. The molecule has 0 saturated carbocycles. The van der Waals surface area contributed by atoms with Gasteiger partial charge in [0.25, 0.3) is 0 Å². The van der Waals surface area contributed by atoms with E-state index in [-0.39, 0.29) is 6.61 Å². The zero-order valence-electron chi connectivity index (χ0n) is 20.3. The van der Waals surface area contributed by atoms with Gasteiger partial charge in [0.1, 0.15) is 12.7 Å². The highest BCUT2D eigenvalue weighted by atomic mass is 32.2. The van der Waals surface area contributed by atoms with Crippen molar-refractivity contribution in [3.8, 4) is 0 Å². The Morgan fingerprint density at radius 3 is 1.53 bits per heavy atom. The normalized spacial score (nSPS) is 18.9. The molecule has 0 aromatic heterocycles. The number of carbonyl (C=O) groups is 3. The minimum atomic E-state index is -0.717. The molecule has 1 aliphatic heterocycles. The number of hydrogen-bond donors (Lipinski definition) is 0. The molecule has 1 unspecified atom stereocenters. The van der Waals surface area contributed by atoms with Gasteiger partial charge in [-0.1, -0.05) is 53.1 Å². The summed E-state index contributed by atoms with van der Waals surface area (Å²) in [5.74, 6) is -1.46. The van der Waals surface area contributed by atoms with Gasteiger partial charge in [-0.25, -0.2) is 14.4 Å². The fourth-order valence-electron chi connectivity index (χ4n) is 3.57. The van der Waals surface area contributed by atoms with Gasteiger partial charge in [-0.05, 0) is 57.2 Å². The summed E-state index contributed by atoms with van der Waals surface area (Å²) in [6.45, 7) is 5.79. The molecule has 1 fully saturated rings. The van der Waals surface area contributed by atoms with Crippen molar-refractivity contribution in [2.75, 3.05) is 6.61 Å². The molecule has 1 heterocycles. The first-order valence-corrected chi connectivity index (χ1v) is 12.5. The van der Waals surface area contributed by atoms with Crippen LogP contribution >= 0.6 is 11.8 Å². The number of thioether (sulfide) groups is 1. The molecule has 185 valence electrons. The predicted octanol–water partition coefficient (Wildman–Crippen LogP) is 5.50. The molecule has 0 spiro atoms. The molecule has 0 N–H and O–H groups in total. The lowest BCUT2D eigenvalue weighted by Crippen LogP contribution is -2.30. The van der Waals surface area contributed by atoms with Crippen molar-refractivity contribution in [2.24, 2.45) is 0 Å². The van der Waals surface area contributed by atoms with E-state index in [0.717, 1.165) is 16.7 Å². The van der Waals surface area contributed by atoms with Crippen molar-refractivity contribution >= 4 is 29.7 Å². The molecule has 3 aromatic carbocycles. The number of carbonyl (C=O) groups excluding carboxylic acids is 3. The summed E-state index contributed by atoms with van der Waals surface area (Å²) < 4.78 is 16.9. The highest BCUT2D eigenvalue weighted by molar-refractivity contribution is 8.00. The van der Waals surface area contributed by atoms with E-state index in [1.54, 1.807) is 42.8 Å². The van der Waals surface area contributed by atoms with E-state index in [1.807, 2.05) is 57.2 Å². The topological polar surface area (TPSA) is 78.9 Å². The largest absolute Gasteiger partial charge is 0.461 e. The van der Waals surface area contributed by atoms with Gasteiger partial charge in [-0.3, -0.25) is 0 Å². The maximum Gasteiger partial charge on any atom is 0.339 e. The second kappa shape index (κ2) is 11.4. The van der Waals surface area contributed by atoms with E-state index in [9.17, 15) is 14.4 Å². The van der Waals surface area contributed by atoms with Crippen LogP contribution in [0.1, 0.15) is 47.8 Å². The number of benzene rings is 3. The number of rotatable bonds is 7. The van der Waals surface area contributed by atoms with Crippen LogP contribution in [0.4, 0.5) is 0 Å². The molecular weight excluding hydrogens is 476 g/mol. The predicted molar refractivity (Wildman–Crippen MR) is 138 cm³/mol. The average molecular weight is 504 g/mol. The van der Waals surface area contributed by atoms with Gasteiger partial charge >= 0.3 is 17.9 Å². The molecule has 36 heavy (non-hydrogen) atoms. The zero-order valence-corrected chi connectivity index (χ0v) is 21.1. The SMILES string of the molecule is Cc1ccc(C(=O)OC[C@H]2SC(OC(=O)c3ccc(C)cc3)[CH][C@H]2OC(=O)c2ccc(C)cc2)cc1. The second-order valence-corrected chi connectivity index (χ2v) is 10.0. The van der Waals surface area contributed by atoms with Gasteiger partial charge < -0.3 is 14.2 Å². The van der Waals surface area contributed by atoms with E-state index in [4.69, 9.17) is 14.2 Å². The van der Waals surface area contributed by atoms with E-state index < -0.39 is 34.7 Å². The Balaban J connectivity index is 1.43. The molecule has 0 aliphatic carbocycles.